The van der Waals surface area contributed by atoms with Crippen LogP contribution >= 0.6 is 23.2 Å². The number of pyridine rings is 1. The molecule has 2 aromatic rings. The summed E-state index contributed by atoms with van der Waals surface area (Å²) in [4.78, 5) is 15.1. The Kier molecular flexibility index (Phi) is 2.67. The van der Waals surface area contributed by atoms with Crippen LogP contribution in [0.5, 0.6) is 0 Å². The van der Waals surface area contributed by atoms with Gasteiger partial charge in [-0.2, -0.15) is 0 Å². The van der Waals surface area contributed by atoms with Crippen LogP contribution in [0.4, 0.5) is 0 Å². The third kappa shape index (κ3) is 1.98. The number of carbonyl (C=O) groups is 1. The molecule has 0 aliphatic carbocycles. The molecule has 2 rings (SSSR count). The zero-order valence-corrected chi connectivity index (χ0v) is 9.51. The number of hydrogen-bond donors (Lipinski definition) is 0. The van der Waals surface area contributed by atoms with Gasteiger partial charge in [0.05, 0.1) is 17.0 Å². The van der Waals surface area contributed by atoms with Gasteiger partial charge in [-0.3, -0.25) is 4.79 Å². The standard InChI is InChI=1S/C10H8Cl2N2O/c1-6(15)4-9-13-10(12)8-3-2-7(11)5-14(8)9/h2-3,5H,4H2,1H3. The molecule has 15 heavy (non-hydrogen) atoms. The first kappa shape index (κ1) is 10.5. The molecule has 0 aliphatic heterocycles. The Hall–Kier alpha value is -1.06. The number of imidazole rings is 1. The number of hydrogen-bond acceptors (Lipinski definition) is 2. The number of fused-ring (bicyclic) bond motifs is 1. The highest BCUT2D eigenvalue weighted by molar-refractivity contribution is 6.33. The van der Waals surface area contributed by atoms with Gasteiger partial charge in [0.1, 0.15) is 11.6 Å². The van der Waals surface area contributed by atoms with E-state index in [4.69, 9.17) is 23.2 Å². The lowest BCUT2D eigenvalue weighted by Gasteiger charge is -1.98. The molecule has 78 valence electrons. The highest BCUT2D eigenvalue weighted by Crippen LogP contribution is 2.21. The van der Waals surface area contributed by atoms with Crippen LogP contribution in [0.1, 0.15) is 12.7 Å². The van der Waals surface area contributed by atoms with Crippen molar-refractivity contribution < 1.29 is 4.79 Å². The van der Waals surface area contributed by atoms with Crippen molar-refractivity contribution in [2.45, 2.75) is 13.3 Å². The summed E-state index contributed by atoms with van der Waals surface area (Å²) in [6, 6.07) is 3.52. The first-order valence-electron chi connectivity index (χ1n) is 4.39. The third-order valence-corrected chi connectivity index (χ3v) is 2.54. The van der Waals surface area contributed by atoms with Gasteiger partial charge in [0, 0.05) is 6.20 Å². The van der Waals surface area contributed by atoms with Crippen LogP contribution in [0.25, 0.3) is 5.52 Å². The normalized spacial score (nSPS) is 10.9. The van der Waals surface area contributed by atoms with E-state index in [-0.39, 0.29) is 12.2 Å². The van der Waals surface area contributed by atoms with Crippen LogP contribution < -0.4 is 0 Å². The minimum atomic E-state index is 0.0403. The number of rotatable bonds is 2. The molecule has 0 radical (unpaired) electrons. The Balaban J connectivity index is 2.64. The average molecular weight is 243 g/mol. The smallest absolute Gasteiger partial charge is 0.155 e. The fourth-order valence-corrected chi connectivity index (χ4v) is 1.84. The van der Waals surface area contributed by atoms with Crippen LogP contribution in [0.15, 0.2) is 18.3 Å². The summed E-state index contributed by atoms with van der Waals surface area (Å²) >= 11 is 11.8. The third-order valence-electron chi connectivity index (χ3n) is 2.04. The van der Waals surface area contributed by atoms with Gasteiger partial charge >= 0.3 is 0 Å². The number of carbonyl (C=O) groups excluding carboxylic acids is 1. The maximum Gasteiger partial charge on any atom is 0.155 e. The molecule has 0 bridgehead atoms. The molecule has 2 heterocycles. The molecule has 3 nitrogen and oxygen atoms in total. The molecule has 0 atom stereocenters. The quantitative estimate of drug-likeness (QED) is 0.812. The fourth-order valence-electron chi connectivity index (χ4n) is 1.43. The van der Waals surface area contributed by atoms with Crippen LogP contribution in [0.3, 0.4) is 0 Å². The summed E-state index contributed by atoms with van der Waals surface area (Å²) in [7, 11) is 0. The Morgan fingerprint density at radius 3 is 2.87 bits per heavy atom. The summed E-state index contributed by atoms with van der Waals surface area (Å²) in [6.07, 6.45) is 1.96. The zero-order chi connectivity index (χ0) is 11.0. The van der Waals surface area contributed by atoms with E-state index in [0.717, 1.165) is 5.52 Å². The highest BCUT2D eigenvalue weighted by atomic mass is 35.5. The summed E-state index contributed by atoms with van der Waals surface area (Å²) in [5, 5.41) is 0.976. The second-order valence-corrected chi connectivity index (χ2v) is 4.09. The molecule has 0 spiro atoms. The van der Waals surface area contributed by atoms with E-state index in [1.165, 1.54) is 6.92 Å². The van der Waals surface area contributed by atoms with E-state index in [1.54, 1.807) is 22.7 Å². The minimum Gasteiger partial charge on any atom is -0.300 e. The van der Waals surface area contributed by atoms with Gasteiger partial charge in [0.25, 0.3) is 0 Å². The summed E-state index contributed by atoms with van der Waals surface area (Å²) < 4.78 is 1.74. The van der Waals surface area contributed by atoms with Crippen molar-refractivity contribution in [1.29, 1.82) is 0 Å². The Bertz CT molecular complexity index is 533. The first-order chi connectivity index (χ1) is 7.08. The van der Waals surface area contributed by atoms with E-state index in [9.17, 15) is 4.79 Å². The van der Waals surface area contributed by atoms with Gasteiger partial charge in [0.2, 0.25) is 0 Å². The van der Waals surface area contributed by atoms with Gasteiger partial charge < -0.3 is 4.40 Å². The SMILES string of the molecule is CC(=O)Cc1nc(Cl)c2ccc(Cl)cn12. The Morgan fingerprint density at radius 2 is 2.20 bits per heavy atom. The van der Waals surface area contributed by atoms with Gasteiger partial charge in [-0.25, -0.2) is 4.98 Å². The van der Waals surface area contributed by atoms with Crippen molar-refractivity contribution in [2.75, 3.05) is 0 Å². The Morgan fingerprint density at radius 1 is 1.47 bits per heavy atom. The molecular formula is C10H8Cl2N2O. The van der Waals surface area contributed by atoms with E-state index >= 15 is 0 Å². The molecule has 0 unspecified atom stereocenters. The van der Waals surface area contributed by atoms with Crippen molar-refractivity contribution in [2.24, 2.45) is 0 Å². The molecule has 2 aromatic heterocycles. The second kappa shape index (κ2) is 3.83. The molecule has 5 heteroatoms. The number of ketones is 1. The summed E-state index contributed by atoms with van der Waals surface area (Å²) in [5.41, 5.74) is 0.761. The maximum atomic E-state index is 11.0. The molecule has 0 N–H and O–H groups in total. The maximum absolute atomic E-state index is 11.0. The molecule has 0 saturated heterocycles. The molecular weight excluding hydrogens is 235 g/mol. The lowest BCUT2D eigenvalue weighted by molar-refractivity contribution is -0.116. The van der Waals surface area contributed by atoms with Crippen LogP contribution in [-0.4, -0.2) is 15.2 Å². The average Bonchev–Trinajstić information content (AvgIpc) is 2.42. The molecule has 0 saturated carbocycles. The topological polar surface area (TPSA) is 34.4 Å². The van der Waals surface area contributed by atoms with Crippen LogP contribution in [0, 0.1) is 0 Å². The predicted octanol–water partition coefficient (Wildman–Crippen LogP) is 2.77. The van der Waals surface area contributed by atoms with Crippen molar-refractivity contribution in [3.63, 3.8) is 0 Å². The molecule has 0 aromatic carbocycles. The zero-order valence-electron chi connectivity index (χ0n) is 8.00. The first-order valence-corrected chi connectivity index (χ1v) is 5.15. The lowest BCUT2D eigenvalue weighted by Crippen LogP contribution is -2.01. The van der Waals surface area contributed by atoms with Gasteiger partial charge in [-0.1, -0.05) is 23.2 Å². The predicted molar refractivity (Wildman–Crippen MR) is 59.6 cm³/mol. The second-order valence-electron chi connectivity index (χ2n) is 3.30. The van der Waals surface area contributed by atoms with Gasteiger partial charge in [0.15, 0.2) is 5.15 Å². The minimum absolute atomic E-state index is 0.0403. The Labute approximate surface area is 96.6 Å². The number of nitrogens with zero attached hydrogens (tertiary/aromatic N) is 2. The van der Waals surface area contributed by atoms with Gasteiger partial charge in [-0.05, 0) is 19.1 Å². The summed E-state index contributed by atoms with van der Waals surface area (Å²) in [5.74, 6) is 0.656. The van der Waals surface area contributed by atoms with E-state index < -0.39 is 0 Å². The van der Waals surface area contributed by atoms with Crippen molar-refractivity contribution in [3.8, 4) is 0 Å². The largest absolute Gasteiger partial charge is 0.300 e. The highest BCUT2D eigenvalue weighted by Gasteiger charge is 2.10. The molecule has 0 aliphatic rings. The van der Waals surface area contributed by atoms with Crippen molar-refractivity contribution in [3.05, 3.63) is 34.3 Å². The fraction of sp³-hybridized carbons (Fsp3) is 0.200. The number of Topliss-reactive ketones (excluding diaryl/α,β-unsaturated/α-hetero) is 1. The van der Waals surface area contributed by atoms with E-state index in [2.05, 4.69) is 4.98 Å². The van der Waals surface area contributed by atoms with Crippen molar-refractivity contribution in [1.82, 2.24) is 9.38 Å². The van der Waals surface area contributed by atoms with Crippen LogP contribution in [-0.2, 0) is 11.2 Å². The summed E-state index contributed by atoms with van der Waals surface area (Å²) in [6.45, 7) is 1.51. The van der Waals surface area contributed by atoms with E-state index in [0.29, 0.717) is 16.0 Å². The molecule has 0 fully saturated rings. The lowest BCUT2D eigenvalue weighted by atomic mass is 10.3. The monoisotopic (exact) mass is 242 g/mol. The van der Waals surface area contributed by atoms with Gasteiger partial charge in [-0.15, -0.1) is 0 Å². The number of halogens is 2. The number of aromatic nitrogens is 2. The van der Waals surface area contributed by atoms with Crippen LogP contribution in [0.2, 0.25) is 10.2 Å². The van der Waals surface area contributed by atoms with E-state index in [1.807, 2.05) is 0 Å². The molecule has 0 amide bonds. The van der Waals surface area contributed by atoms with Crippen molar-refractivity contribution >= 4 is 34.5 Å².